The fourth-order valence-electron chi connectivity index (χ4n) is 11.5. The highest BCUT2D eigenvalue weighted by Crippen LogP contribution is 2.43. The van der Waals surface area contributed by atoms with Gasteiger partial charge < -0.3 is 31.1 Å². The zero-order chi connectivity index (χ0) is 52.1. The van der Waals surface area contributed by atoms with E-state index in [1.807, 2.05) is 36.4 Å². The van der Waals surface area contributed by atoms with Gasteiger partial charge in [-0.3, -0.25) is 28.8 Å². The molecular formula is C62H88N6O6. The molecule has 4 N–H and O–H groups in total. The number of nitrogens with one attached hydrogen (secondary N) is 4. The van der Waals surface area contributed by atoms with Gasteiger partial charge in [0, 0.05) is 74.3 Å². The van der Waals surface area contributed by atoms with Crippen molar-refractivity contribution in [2.45, 2.75) is 179 Å². The fourth-order valence-corrected chi connectivity index (χ4v) is 11.5. The standard InChI is InChI=1S/C62H88N6O6/c1-3-5-7-9-11-13-15-17-19-27-37-63-57(69)51-41-67(42-52(51)58(70)64-38-28-20-18-16-14-12-10-8-6-4-2)61(73)47-33-35-48(36-34-47)62(74)68-43-53(59(71)65-55-39-49(55)45-29-23-21-24-30-45)54(44-68)60(72)66-56-40-50(56)46-31-25-22-26-32-46/h21-26,29-36,49-56H,3-20,27-28,37-44H2,1-2H3,(H,63,69)(H,64,70)(H,65,71)(H,66,72)/t49-,50-,51-,52-,53-,54-,55+,56+/m1/s1. The van der Waals surface area contributed by atoms with Crippen LogP contribution in [0.5, 0.6) is 0 Å². The van der Waals surface area contributed by atoms with E-state index in [9.17, 15) is 28.8 Å². The summed E-state index contributed by atoms with van der Waals surface area (Å²) >= 11 is 0. The lowest BCUT2D eigenvalue weighted by molar-refractivity contribution is -0.133. The van der Waals surface area contributed by atoms with Crippen LogP contribution >= 0.6 is 0 Å². The fraction of sp³-hybridized carbons (Fsp3) is 0.613. The Morgan fingerprint density at radius 1 is 0.392 bits per heavy atom. The number of hydrogen-bond acceptors (Lipinski definition) is 6. The smallest absolute Gasteiger partial charge is 0.253 e. The Bertz CT molecular complexity index is 2120. The Morgan fingerprint density at radius 2 is 0.689 bits per heavy atom. The number of likely N-dealkylation sites (tertiary alicyclic amines) is 2. The van der Waals surface area contributed by atoms with E-state index in [2.05, 4.69) is 59.4 Å². The summed E-state index contributed by atoms with van der Waals surface area (Å²) in [5.41, 5.74) is 3.03. The number of carbonyl (C=O) groups is 6. The average molecular weight is 1010 g/mol. The van der Waals surface area contributed by atoms with Gasteiger partial charge in [0.15, 0.2) is 0 Å². The zero-order valence-corrected chi connectivity index (χ0v) is 44.8. The largest absolute Gasteiger partial charge is 0.356 e. The Kier molecular flexibility index (Phi) is 22.4. The first kappa shape index (κ1) is 56.2. The Balaban J connectivity index is 0.934. The van der Waals surface area contributed by atoms with Gasteiger partial charge in [-0.25, -0.2) is 0 Å². The van der Waals surface area contributed by atoms with Crippen LogP contribution in [0.3, 0.4) is 0 Å². The van der Waals surface area contributed by atoms with Crippen LogP contribution in [0.4, 0.5) is 0 Å². The molecule has 0 aromatic heterocycles. The highest BCUT2D eigenvalue weighted by Gasteiger charge is 2.49. The molecule has 0 bridgehead atoms. The molecule has 2 saturated heterocycles. The summed E-state index contributed by atoms with van der Waals surface area (Å²) < 4.78 is 0. The minimum absolute atomic E-state index is 0.0250. The van der Waals surface area contributed by atoms with E-state index in [-0.39, 0.29) is 85.5 Å². The molecule has 7 rings (SSSR count). The second-order valence-corrected chi connectivity index (χ2v) is 22.1. The van der Waals surface area contributed by atoms with Crippen molar-refractivity contribution in [3.05, 3.63) is 107 Å². The van der Waals surface area contributed by atoms with Crippen molar-refractivity contribution in [2.75, 3.05) is 39.3 Å². The first-order valence-corrected chi connectivity index (χ1v) is 29.1. The topological polar surface area (TPSA) is 157 Å². The van der Waals surface area contributed by atoms with Crippen LogP contribution in [0.2, 0.25) is 0 Å². The van der Waals surface area contributed by atoms with Gasteiger partial charge in [-0.05, 0) is 61.1 Å². The summed E-state index contributed by atoms with van der Waals surface area (Å²) in [5.74, 6) is -3.80. The third-order valence-electron chi connectivity index (χ3n) is 16.3. The van der Waals surface area contributed by atoms with Gasteiger partial charge in [-0.15, -0.1) is 0 Å². The Hall–Kier alpha value is -5.52. The lowest BCUT2D eigenvalue weighted by atomic mass is 9.94. The van der Waals surface area contributed by atoms with Crippen molar-refractivity contribution in [1.82, 2.24) is 31.1 Å². The third kappa shape index (κ3) is 16.7. The number of benzene rings is 3. The molecule has 2 aliphatic heterocycles. The van der Waals surface area contributed by atoms with E-state index in [1.165, 1.54) is 101 Å². The maximum atomic E-state index is 14.2. The molecule has 3 aromatic rings. The molecule has 12 nitrogen and oxygen atoms in total. The maximum absolute atomic E-state index is 14.2. The summed E-state index contributed by atoms with van der Waals surface area (Å²) in [5, 5.41) is 12.6. The van der Waals surface area contributed by atoms with E-state index in [4.69, 9.17) is 0 Å². The molecular weight excluding hydrogens is 925 g/mol. The van der Waals surface area contributed by atoms with Crippen LogP contribution in [0, 0.1) is 23.7 Å². The molecule has 0 unspecified atom stereocenters. The van der Waals surface area contributed by atoms with Crippen molar-refractivity contribution in [1.29, 1.82) is 0 Å². The normalized spacial score (nSPS) is 22.8. The molecule has 2 heterocycles. The first-order valence-electron chi connectivity index (χ1n) is 29.1. The van der Waals surface area contributed by atoms with Gasteiger partial charge in [-0.1, -0.05) is 190 Å². The Morgan fingerprint density at radius 3 is 1.01 bits per heavy atom. The predicted octanol–water partition coefficient (Wildman–Crippen LogP) is 10.5. The molecule has 3 aromatic carbocycles. The summed E-state index contributed by atoms with van der Waals surface area (Å²) in [6.07, 6.45) is 25.7. The van der Waals surface area contributed by atoms with E-state index in [0.717, 1.165) is 51.4 Å². The third-order valence-corrected chi connectivity index (χ3v) is 16.3. The minimum atomic E-state index is -0.721. The van der Waals surface area contributed by atoms with E-state index in [0.29, 0.717) is 24.2 Å². The number of nitrogens with zero attached hydrogens (tertiary/aromatic N) is 2. The minimum Gasteiger partial charge on any atom is -0.356 e. The highest BCUT2D eigenvalue weighted by molar-refractivity contribution is 6.00. The number of amides is 6. The molecule has 12 heteroatoms. The van der Waals surface area contributed by atoms with Gasteiger partial charge in [0.05, 0.1) is 23.7 Å². The van der Waals surface area contributed by atoms with Crippen molar-refractivity contribution in [2.24, 2.45) is 23.7 Å². The van der Waals surface area contributed by atoms with Gasteiger partial charge >= 0.3 is 0 Å². The van der Waals surface area contributed by atoms with Gasteiger partial charge in [0.1, 0.15) is 0 Å². The van der Waals surface area contributed by atoms with Crippen LogP contribution in [0.15, 0.2) is 84.9 Å². The number of unbranched alkanes of at least 4 members (excludes halogenated alkanes) is 18. The molecule has 4 aliphatic rings. The zero-order valence-electron chi connectivity index (χ0n) is 44.8. The van der Waals surface area contributed by atoms with E-state index in [1.54, 1.807) is 34.1 Å². The van der Waals surface area contributed by atoms with Crippen LogP contribution in [0.1, 0.15) is 199 Å². The van der Waals surface area contributed by atoms with Crippen molar-refractivity contribution >= 4 is 35.4 Å². The average Bonchev–Trinajstić information content (AvgIpc) is 4.27. The number of carbonyl (C=O) groups excluding carboxylic acids is 6. The van der Waals surface area contributed by atoms with Crippen LogP contribution in [-0.2, 0) is 19.2 Å². The molecule has 6 amide bonds. The van der Waals surface area contributed by atoms with Crippen LogP contribution < -0.4 is 21.3 Å². The molecule has 2 aliphatic carbocycles. The molecule has 4 fully saturated rings. The molecule has 8 atom stereocenters. The van der Waals surface area contributed by atoms with Crippen molar-refractivity contribution < 1.29 is 28.8 Å². The molecule has 2 saturated carbocycles. The first-order chi connectivity index (χ1) is 36.2. The SMILES string of the molecule is CCCCCCCCCCCCNC(=O)[C@@H]1CN(C(=O)c2ccc(C(=O)N3C[C@@H](C(=O)N[C@H]4C[C@@H]4c4ccccc4)[C@H](C(=O)N[C@H]4C[C@@H]4c4ccccc4)C3)cc2)C[C@H]1C(=O)NCCCCCCCCCCCC. The van der Waals surface area contributed by atoms with Gasteiger partial charge in [0.25, 0.3) is 11.8 Å². The van der Waals surface area contributed by atoms with Crippen LogP contribution in [-0.4, -0.2) is 96.6 Å². The lowest BCUT2D eigenvalue weighted by Crippen LogP contribution is -2.43. The quantitative estimate of drug-likeness (QED) is 0.0456. The highest BCUT2D eigenvalue weighted by atomic mass is 16.2. The summed E-state index contributed by atoms with van der Waals surface area (Å²) in [6.45, 7) is 6.00. The Labute approximate surface area is 442 Å². The lowest BCUT2D eigenvalue weighted by Gasteiger charge is -2.18. The van der Waals surface area contributed by atoms with Gasteiger partial charge in [0.2, 0.25) is 23.6 Å². The summed E-state index contributed by atoms with van der Waals surface area (Å²) in [7, 11) is 0. The van der Waals surface area contributed by atoms with E-state index >= 15 is 0 Å². The summed E-state index contributed by atoms with van der Waals surface area (Å²) in [4.78, 5) is 87.2. The van der Waals surface area contributed by atoms with Crippen molar-refractivity contribution in [3.8, 4) is 0 Å². The van der Waals surface area contributed by atoms with Gasteiger partial charge in [-0.2, -0.15) is 0 Å². The molecule has 402 valence electrons. The second kappa shape index (κ2) is 29.5. The number of rotatable bonds is 32. The monoisotopic (exact) mass is 1010 g/mol. The predicted molar refractivity (Wildman–Crippen MR) is 293 cm³/mol. The van der Waals surface area contributed by atoms with Crippen LogP contribution in [0.25, 0.3) is 0 Å². The molecule has 0 radical (unpaired) electrons. The maximum Gasteiger partial charge on any atom is 0.253 e. The molecule has 74 heavy (non-hydrogen) atoms. The van der Waals surface area contributed by atoms with Crippen molar-refractivity contribution in [3.63, 3.8) is 0 Å². The van der Waals surface area contributed by atoms with E-state index < -0.39 is 23.7 Å². The molecule has 0 spiro atoms. The summed E-state index contributed by atoms with van der Waals surface area (Å²) in [6, 6.07) is 26.6. The number of hydrogen-bond donors (Lipinski definition) is 4. The second-order valence-electron chi connectivity index (χ2n) is 22.1.